The number of fused-ring (bicyclic) bond motifs is 5. The first-order chi connectivity index (χ1) is 14.0. The second-order valence-corrected chi connectivity index (χ2v) is 12.2. The van der Waals surface area contributed by atoms with Crippen LogP contribution in [0.2, 0.25) is 0 Å². The van der Waals surface area contributed by atoms with Crippen LogP contribution in [0.15, 0.2) is 0 Å². The predicted molar refractivity (Wildman–Crippen MR) is 117 cm³/mol. The summed E-state index contributed by atoms with van der Waals surface area (Å²) in [6, 6.07) is 0.240. The zero-order valence-corrected chi connectivity index (χ0v) is 19.3. The van der Waals surface area contributed by atoms with E-state index in [-0.39, 0.29) is 46.6 Å². The van der Waals surface area contributed by atoms with E-state index in [2.05, 4.69) is 27.7 Å². The highest BCUT2D eigenvalue weighted by molar-refractivity contribution is 5.66. The lowest BCUT2D eigenvalue weighted by Crippen LogP contribution is -2.67. The molecule has 4 aliphatic carbocycles. The largest absolute Gasteiger partial charge is 0.481 e. The van der Waals surface area contributed by atoms with Crippen molar-refractivity contribution in [1.29, 1.82) is 0 Å². The minimum Gasteiger partial charge on any atom is -0.481 e. The maximum absolute atomic E-state index is 11.6. The SMILES string of the molecule is CC(CCC(=O)O)[C@H]1CC[C@@H]2[C@]1(C)[C@@H](O)C[C@@H]1[C@@]3(C)CC[C@@H](N)C[C@H]3C[C@@H](O)[C@@]21C. The second kappa shape index (κ2) is 7.45. The number of hydrogen-bond acceptors (Lipinski definition) is 4. The van der Waals surface area contributed by atoms with E-state index in [1.165, 1.54) is 0 Å². The van der Waals surface area contributed by atoms with E-state index in [4.69, 9.17) is 10.8 Å². The van der Waals surface area contributed by atoms with Gasteiger partial charge in [-0.05, 0) is 91.8 Å². The van der Waals surface area contributed by atoms with Gasteiger partial charge in [-0.15, -0.1) is 0 Å². The Hall–Kier alpha value is -0.650. The Morgan fingerprint density at radius 1 is 1.00 bits per heavy atom. The van der Waals surface area contributed by atoms with E-state index in [0.717, 1.165) is 44.9 Å². The van der Waals surface area contributed by atoms with E-state index in [0.29, 0.717) is 24.2 Å². The van der Waals surface area contributed by atoms with Gasteiger partial charge in [0.2, 0.25) is 0 Å². The molecule has 4 rings (SSSR count). The molecule has 5 N–H and O–H groups in total. The smallest absolute Gasteiger partial charge is 0.303 e. The van der Waals surface area contributed by atoms with Crippen LogP contribution in [0.25, 0.3) is 0 Å². The summed E-state index contributed by atoms with van der Waals surface area (Å²) in [6.07, 6.45) is 6.89. The molecule has 0 radical (unpaired) electrons. The molecule has 4 aliphatic rings. The summed E-state index contributed by atoms with van der Waals surface area (Å²) in [7, 11) is 0. The molecule has 11 atom stereocenters. The summed E-state index contributed by atoms with van der Waals surface area (Å²) < 4.78 is 0. The molecule has 0 heterocycles. The van der Waals surface area contributed by atoms with Gasteiger partial charge in [0.1, 0.15) is 0 Å². The topological polar surface area (TPSA) is 104 Å². The maximum atomic E-state index is 11.6. The lowest BCUT2D eigenvalue weighted by Gasteiger charge is -2.68. The highest BCUT2D eigenvalue weighted by Crippen LogP contribution is 2.72. The molecule has 0 saturated heterocycles. The molecule has 0 aromatic carbocycles. The summed E-state index contributed by atoms with van der Waals surface area (Å²) in [6.45, 7) is 9.14. The number of carbonyl (C=O) groups is 1. The number of carboxylic acid groups (broad SMARTS) is 1. The molecule has 0 aromatic rings. The minimum absolute atomic E-state index is 0.138. The normalized spacial score (nSPS) is 54.0. The highest BCUT2D eigenvalue weighted by atomic mass is 16.4. The van der Waals surface area contributed by atoms with Gasteiger partial charge in [-0.1, -0.05) is 27.7 Å². The van der Waals surface area contributed by atoms with Crippen LogP contribution < -0.4 is 5.73 Å². The van der Waals surface area contributed by atoms with Gasteiger partial charge >= 0.3 is 5.97 Å². The average molecular weight is 422 g/mol. The van der Waals surface area contributed by atoms with Crippen LogP contribution in [0.4, 0.5) is 0 Å². The Bertz CT molecular complexity index is 684. The van der Waals surface area contributed by atoms with E-state index in [9.17, 15) is 15.0 Å². The first-order valence-corrected chi connectivity index (χ1v) is 12.3. The molecule has 172 valence electrons. The average Bonchev–Trinajstić information content (AvgIpc) is 3.04. The molecule has 1 unspecified atom stereocenters. The summed E-state index contributed by atoms with van der Waals surface area (Å²) in [5.74, 6) is 0.870. The number of carboxylic acids is 1. The Morgan fingerprint density at radius 2 is 1.67 bits per heavy atom. The molecular formula is C25H43NO4. The predicted octanol–water partition coefficient (Wildman–Crippen LogP) is 3.81. The van der Waals surface area contributed by atoms with Crippen molar-refractivity contribution >= 4 is 5.97 Å². The number of rotatable bonds is 4. The van der Waals surface area contributed by atoms with Crippen LogP contribution in [0.3, 0.4) is 0 Å². The molecule has 4 saturated carbocycles. The van der Waals surface area contributed by atoms with Crippen LogP contribution in [-0.2, 0) is 4.79 Å². The Balaban J connectivity index is 1.67. The molecule has 0 bridgehead atoms. The molecule has 5 heteroatoms. The summed E-state index contributed by atoms with van der Waals surface area (Å²) in [4.78, 5) is 11.1. The van der Waals surface area contributed by atoms with Crippen molar-refractivity contribution in [2.45, 2.75) is 104 Å². The van der Waals surface area contributed by atoms with Crippen LogP contribution >= 0.6 is 0 Å². The van der Waals surface area contributed by atoms with Crippen LogP contribution in [0.5, 0.6) is 0 Å². The monoisotopic (exact) mass is 421 g/mol. The number of aliphatic hydroxyl groups excluding tert-OH is 2. The van der Waals surface area contributed by atoms with E-state index < -0.39 is 12.1 Å². The van der Waals surface area contributed by atoms with E-state index in [1.54, 1.807) is 0 Å². The zero-order valence-electron chi connectivity index (χ0n) is 19.3. The van der Waals surface area contributed by atoms with Gasteiger partial charge < -0.3 is 21.1 Å². The lowest BCUT2D eigenvalue weighted by molar-refractivity contribution is -0.248. The number of hydrogen-bond donors (Lipinski definition) is 4. The fourth-order valence-corrected chi connectivity index (χ4v) is 9.36. The van der Waals surface area contributed by atoms with Gasteiger partial charge in [-0.3, -0.25) is 4.79 Å². The van der Waals surface area contributed by atoms with Gasteiger partial charge in [-0.2, -0.15) is 0 Å². The van der Waals surface area contributed by atoms with Gasteiger partial charge in [-0.25, -0.2) is 0 Å². The van der Waals surface area contributed by atoms with Gasteiger partial charge in [0.25, 0.3) is 0 Å². The van der Waals surface area contributed by atoms with Crippen molar-refractivity contribution in [3.05, 3.63) is 0 Å². The third-order valence-corrected chi connectivity index (χ3v) is 11.1. The van der Waals surface area contributed by atoms with Gasteiger partial charge in [0.05, 0.1) is 12.2 Å². The van der Waals surface area contributed by atoms with E-state index >= 15 is 0 Å². The highest BCUT2D eigenvalue weighted by Gasteiger charge is 2.70. The minimum atomic E-state index is -0.741. The van der Waals surface area contributed by atoms with Crippen molar-refractivity contribution < 1.29 is 20.1 Å². The standard InChI is InChI=1S/C25H43NO4/c1-14(5-8-22(29)30)17-6-7-18-24(17,3)21(28)13-19-23(2)10-9-16(26)11-15(23)12-20(27)25(18,19)4/h14-21,27-28H,5-13,26H2,1-4H3,(H,29,30)/t14?,15-,16+,17+,18+,19+,20+,21-,23-,24+,25-/m0/s1. The third kappa shape index (κ3) is 3.02. The van der Waals surface area contributed by atoms with Crippen molar-refractivity contribution in [1.82, 2.24) is 0 Å². The number of aliphatic carboxylic acids is 1. The summed E-state index contributed by atoms with van der Waals surface area (Å²) in [5.41, 5.74) is 6.00. The fourth-order valence-electron chi connectivity index (χ4n) is 9.36. The van der Waals surface area contributed by atoms with Crippen molar-refractivity contribution in [3.8, 4) is 0 Å². The summed E-state index contributed by atoms with van der Waals surface area (Å²) in [5, 5.41) is 32.3. The van der Waals surface area contributed by atoms with E-state index in [1.807, 2.05) is 0 Å². The first kappa shape index (κ1) is 22.5. The molecule has 30 heavy (non-hydrogen) atoms. The molecule has 0 spiro atoms. The number of nitrogens with two attached hydrogens (primary N) is 1. The van der Waals surface area contributed by atoms with Crippen molar-refractivity contribution in [2.24, 2.45) is 51.6 Å². The van der Waals surface area contributed by atoms with Crippen LogP contribution in [-0.4, -0.2) is 39.5 Å². The summed E-state index contributed by atoms with van der Waals surface area (Å²) >= 11 is 0. The van der Waals surface area contributed by atoms with Crippen molar-refractivity contribution in [3.63, 3.8) is 0 Å². The lowest BCUT2D eigenvalue weighted by atomic mass is 9.38. The van der Waals surface area contributed by atoms with Crippen LogP contribution in [0, 0.1) is 45.8 Å². The molecule has 4 fully saturated rings. The first-order valence-electron chi connectivity index (χ1n) is 12.3. The third-order valence-electron chi connectivity index (χ3n) is 11.1. The maximum Gasteiger partial charge on any atom is 0.303 e. The fraction of sp³-hybridized carbons (Fsp3) is 0.960. The number of aliphatic hydroxyl groups is 2. The Morgan fingerprint density at radius 3 is 2.33 bits per heavy atom. The van der Waals surface area contributed by atoms with Gasteiger partial charge in [0.15, 0.2) is 0 Å². The zero-order chi connectivity index (χ0) is 22.1. The van der Waals surface area contributed by atoms with Crippen molar-refractivity contribution in [2.75, 3.05) is 0 Å². The second-order valence-electron chi connectivity index (χ2n) is 12.2. The van der Waals surface area contributed by atoms with Gasteiger partial charge in [0, 0.05) is 17.9 Å². The molecule has 0 aliphatic heterocycles. The molecule has 0 amide bonds. The molecular weight excluding hydrogens is 378 g/mol. The Labute approximate surface area is 181 Å². The van der Waals surface area contributed by atoms with Crippen LogP contribution in [0.1, 0.15) is 85.5 Å². The Kier molecular flexibility index (Phi) is 5.60. The molecule has 5 nitrogen and oxygen atoms in total. The quantitative estimate of drug-likeness (QED) is 0.553. The molecule has 0 aromatic heterocycles.